The van der Waals surface area contributed by atoms with E-state index < -0.39 is 35.9 Å². The van der Waals surface area contributed by atoms with Gasteiger partial charge in [-0.05, 0) is 0 Å². The summed E-state index contributed by atoms with van der Waals surface area (Å²) in [5.41, 5.74) is -1.77. The van der Waals surface area contributed by atoms with Crippen LogP contribution in [0, 0.1) is 17.1 Å². The monoisotopic (exact) mass is 244 g/mol. The number of methoxy groups -OCH3 is 1. The Morgan fingerprint density at radius 3 is 2.76 bits per heavy atom. The van der Waals surface area contributed by atoms with Crippen LogP contribution in [0.15, 0.2) is 6.20 Å². The van der Waals surface area contributed by atoms with Crippen molar-refractivity contribution in [2.24, 2.45) is 0 Å². The third-order valence-electron chi connectivity index (χ3n) is 2.02. The summed E-state index contributed by atoms with van der Waals surface area (Å²) in [7, 11) is 1.07. The Kier molecular flexibility index (Phi) is 4.04. The minimum atomic E-state index is -3.11. The van der Waals surface area contributed by atoms with Crippen LogP contribution in [0.4, 0.5) is 13.2 Å². The van der Waals surface area contributed by atoms with Gasteiger partial charge in [0.05, 0.1) is 19.1 Å². The molecule has 1 rings (SSSR count). The molecule has 4 nitrogen and oxygen atoms in total. The van der Waals surface area contributed by atoms with Crippen molar-refractivity contribution in [2.45, 2.75) is 12.8 Å². The van der Waals surface area contributed by atoms with Crippen LogP contribution in [0.1, 0.15) is 23.2 Å². The lowest BCUT2D eigenvalue weighted by molar-refractivity contribution is -0.139. The first-order valence-corrected chi connectivity index (χ1v) is 4.43. The van der Waals surface area contributed by atoms with E-state index in [4.69, 9.17) is 5.26 Å². The van der Waals surface area contributed by atoms with Gasteiger partial charge in [-0.25, -0.2) is 13.2 Å². The highest BCUT2D eigenvalue weighted by molar-refractivity contribution is 5.73. The number of hydrogen-bond donors (Lipinski definition) is 0. The molecular formula is C10H7F3N2O2. The molecule has 0 saturated carbocycles. The molecule has 0 aromatic carbocycles. The first kappa shape index (κ1) is 13.0. The van der Waals surface area contributed by atoms with E-state index in [9.17, 15) is 18.0 Å². The van der Waals surface area contributed by atoms with E-state index in [1.807, 2.05) is 0 Å². The Hall–Kier alpha value is -2.10. The van der Waals surface area contributed by atoms with Gasteiger partial charge in [0.2, 0.25) is 0 Å². The van der Waals surface area contributed by atoms with Crippen molar-refractivity contribution in [3.8, 4) is 6.07 Å². The van der Waals surface area contributed by atoms with E-state index in [1.54, 1.807) is 6.07 Å². The van der Waals surface area contributed by atoms with Crippen LogP contribution in [0.5, 0.6) is 0 Å². The molecule has 0 saturated heterocycles. The van der Waals surface area contributed by atoms with Gasteiger partial charge in [0, 0.05) is 11.8 Å². The standard InChI is InChI=1S/C10H7F3N2O2/c1-17-7(16)2-6-5(3-14)4-15-9(8(6)11)10(12)13/h4,10H,2H2,1H3. The Morgan fingerprint density at radius 1 is 1.65 bits per heavy atom. The number of ether oxygens (including phenoxy) is 1. The van der Waals surface area contributed by atoms with Crippen LogP contribution in [0.3, 0.4) is 0 Å². The quantitative estimate of drug-likeness (QED) is 0.760. The zero-order valence-corrected chi connectivity index (χ0v) is 8.71. The maximum absolute atomic E-state index is 13.6. The molecule has 1 aromatic rings. The van der Waals surface area contributed by atoms with Crippen molar-refractivity contribution < 1.29 is 22.7 Å². The summed E-state index contributed by atoms with van der Waals surface area (Å²) < 4.78 is 42.6. The minimum Gasteiger partial charge on any atom is -0.469 e. The lowest BCUT2D eigenvalue weighted by atomic mass is 10.1. The molecule has 0 spiro atoms. The lowest BCUT2D eigenvalue weighted by Gasteiger charge is -2.07. The van der Waals surface area contributed by atoms with E-state index >= 15 is 0 Å². The van der Waals surface area contributed by atoms with Crippen molar-refractivity contribution in [3.05, 3.63) is 28.8 Å². The minimum absolute atomic E-state index is 0.266. The van der Waals surface area contributed by atoms with Crippen LogP contribution in [0.25, 0.3) is 0 Å². The maximum Gasteiger partial charge on any atom is 0.310 e. The summed E-state index contributed by atoms with van der Waals surface area (Å²) in [5.74, 6) is -2.17. The van der Waals surface area contributed by atoms with Gasteiger partial charge >= 0.3 is 5.97 Å². The van der Waals surface area contributed by atoms with Crippen molar-refractivity contribution in [1.82, 2.24) is 4.98 Å². The van der Waals surface area contributed by atoms with E-state index in [0.717, 1.165) is 13.3 Å². The van der Waals surface area contributed by atoms with Gasteiger partial charge in [0.1, 0.15) is 11.8 Å². The topological polar surface area (TPSA) is 63.0 Å². The number of esters is 1. The van der Waals surface area contributed by atoms with E-state index in [1.165, 1.54) is 0 Å². The predicted octanol–water partition coefficient (Wildman–Crippen LogP) is 1.75. The average molecular weight is 244 g/mol. The molecule has 7 heteroatoms. The molecule has 0 fully saturated rings. The fraction of sp³-hybridized carbons (Fsp3) is 0.300. The molecule has 0 amide bonds. The van der Waals surface area contributed by atoms with Crippen LogP contribution in [0.2, 0.25) is 0 Å². The second-order valence-electron chi connectivity index (χ2n) is 3.02. The molecule has 0 aliphatic heterocycles. The molecule has 0 aliphatic carbocycles. The third kappa shape index (κ3) is 2.72. The Balaban J connectivity index is 3.28. The zero-order chi connectivity index (χ0) is 13.0. The number of aromatic nitrogens is 1. The van der Waals surface area contributed by atoms with Gasteiger partial charge in [-0.1, -0.05) is 0 Å². The summed E-state index contributed by atoms with van der Waals surface area (Å²) in [6.45, 7) is 0. The molecule has 0 N–H and O–H groups in total. The van der Waals surface area contributed by atoms with Gasteiger partial charge in [-0.2, -0.15) is 5.26 Å². The van der Waals surface area contributed by atoms with E-state index in [0.29, 0.717) is 0 Å². The molecule has 0 bridgehead atoms. The van der Waals surface area contributed by atoms with Gasteiger partial charge in [0.15, 0.2) is 5.82 Å². The van der Waals surface area contributed by atoms with E-state index in [2.05, 4.69) is 9.72 Å². The van der Waals surface area contributed by atoms with Gasteiger partial charge in [0.25, 0.3) is 6.43 Å². The number of carbonyl (C=O) groups is 1. The number of halogens is 3. The number of pyridine rings is 1. The first-order chi connectivity index (χ1) is 8.01. The lowest BCUT2D eigenvalue weighted by Crippen LogP contribution is -2.11. The molecule has 1 heterocycles. The van der Waals surface area contributed by atoms with Crippen LogP contribution < -0.4 is 0 Å². The average Bonchev–Trinajstić information content (AvgIpc) is 2.30. The number of alkyl halides is 2. The Labute approximate surface area is 94.6 Å². The van der Waals surface area contributed by atoms with Crippen molar-refractivity contribution in [3.63, 3.8) is 0 Å². The van der Waals surface area contributed by atoms with Crippen LogP contribution in [-0.2, 0) is 16.0 Å². The molecule has 17 heavy (non-hydrogen) atoms. The van der Waals surface area contributed by atoms with Crippen molar-refractivity contribution >= 4 is 5.97 Å². The van der Waals surface area contributed by atoms with Gasteiger partial charge in [-0.3, -0.25) is 9.78 Å². The smallest absolute Gasteiger partial charge is 0.310 e. The molecule has 0 unspecified atom stereocenters. The SMILES string of the molecule is COC(=O)Cc1c(C#N)cnc(C(F)F)c1F. The second kappa shape index (κ2) is 5.30. The highest BCUT2D eigenvalue weighted by atomic mass is 19.3. The molecule has 1 aromatic heterocycles. The number of carbonyl (C=O) groups excluding carboxylic acids is 1. The summed E-state index contributed by atoms with van der Waals surface area (Å²) in [5, 5.41) is 8.66. The normalized spacial score (nSPS) is 10.1. The number of hydrogen-bond acceptors (Lipinski definition) is 4. The molecular weight excluding hydrogens is 237 g/mol. The third-order valence-corrected chi connectivity index (χ3v) is 2.02. The predicted molar refractivity (Wildman–Crippen MR) is 49.6 cm³/mol. The fourth-order valence-corrected chi connectivity index (χ4v) is 1.18. The summed E-state index contributed by atoms with van der Waals surface area (Å²) in [6, 6.07) is 1.58. The number of rotatable bonds is 3. The summed E-state index contributed by atoms with van der Waals surface area (Å²) in [6.07, 6.45) is -2.89. The van der Waals surface area contributed by atoms with Crippen LogP contribution in [-0.4, -0.2) is 18.1 Å². The Morgan fingerprint density at radius 2 is 2.29 bits per heavy atom. The molecule has 0 atom stereocenters. The summed E-state index contributed by atoms with van der Waals surface area (Å²) in [4.78, 5) is 14.1. The first-order valence-electron chi connectivity index (χ1n) is 4.43. The maximum atomic E-state index is 13.6. The van der Waals surface area contributed by atoms with Crippen LogP contribution >= 0.6 is 0 Å². The van der Waals surface area contributed by atoms with Gasteiger partial charge in [-0.15, -0.1) is 0 Å². The zero-order valence-electron chi connectivity index (χ0n) is 8.71. The van der Waals surface area contributed by atoms with Crippen molar-refractivity contribution in [1.29, 1.82) is 5.26 Å². The molecule has 90 valence electrons. The molecule has 0 aliphatic rings. The molecule has 0 radical (unpaired) electrons. The summed E-state index contributed by atoms with van der Waals surface area (Å²) >= 11 is 0. The van der Waals surface area contributed by atoms with Gasteiger partial charge < -0.3 is 4.74 Å². The number of nitriles is 1. The number of nitrogens with zero attached hydrogens (tertiary/aromatic N) is 2. The largest absolute Gasteiger partial charge is 0.469 e. The highest BCUT2D eigenvalue weighted by Crippen LogP contribution is 2.24. The van der Waals surface area contributed by atoms with Crippen molar-refractivity contribution in [2.75, 3.05) is 7.11 Å². The fourth-order valence-electron chi connectivity index (χ4n) is 1.18. The van der Waals surface area contributed by atoms with E-state index in [-0.39, 0.29) is 5.56 Å². The highest BCUT2D eigenvalue weighted by Gasteiger charge is 2.22. The Bertz CT molecular complexity index is 483. The second-order valence-corrected chi connectivity index (χ2v) is 3.02.